The number of hydrazone groups is 1. The van der Waals surface area contributed by atoms with E-state index in [1.807, 2.05) is 0 Å². The molecule has 1 atom stereocenters. The fourth-order valence-electron chi connectivity index (χ4n) is 3.19. The van der Waals surface area contributed by atoms with Crippen LogP contribution in [0.4, 0.5) is 0 Å². The second-order valence-corrected chi connectivity index (χ2v) is 5.69. The molecule has 0 aromatic rings. The number of carbonyl (C=O) groups excluding carboxylic acids is 1. The molecule has 0 aromatic carbocycles. The maximum atomic E-state index is 11.8. The van der Waals surface area contributed by atoms with Crippen molar-refractivity contribution >= 4 is 11.6 Å². The van der Waals surface area contributed by atoms with Crippen molar-refractivity contribution in [3.63, 3.8) is 0 Å². The normalized spacial score (nSPS) is 30.8. The summed E-state index contributed by atoms with van der Waals surface area (Å²) in [5, 5.41) is 4.29. The van der Waals surface area contributed by atoms with Crippen LogP contribution in [0.2, 0.25) is 0 Å². The van der Waals surface area contributed by atoms with Gasteiger partial charge in [0.2, 0.25) is 5.91 Å². The third-order valence-corrected chi connectivity index (χ3v) is 4.61. The zero-order chi connectivity index (χ0) is 11.0. The summed E-state index contributed by atoms with van der Waals surface area (Å²) in [5.41, 5.74) is 4.41. The Morgan fingerprint density at radius 1 is 1.19 bits per heavy atom. The number of carbonyl (C=O) groups is 1. The van der Waals surface area contributed by atoms with Crippen LogP contribution in [0.15, 0.2) is 5.10 Å². The van der Waals surface area contributed by atoms with Gasteiger partial charge in [0.25, 0.3) is 0 Å². The summed E-state index contributed by atoms with van der Waals surface area (Å²) >= 11 is 0. The molecule has 3 heteroatoms. The molecule has 0 radical (unpaired) electrons. The van der Waals surface area contributed by atoms with Gasteiger partial charge in [-0.05, 0) is 50.4 Å². The number of hydrogen-bond acceptors (Lipinski definition) is 2. The van der Waals surface area contributed by atoms with Crippen LogP contribution in [-0.4, -0.2) is 11.6 Å². The van der Waals surface area contributed by atoms with Gasteiger partial charge in [-0.15, -0.1) is 0 Å². The van der Waals surface area contributed by atoms with Crippen LogP contribution in [0.3, 0.4) is 0 Å². The summed E-state index contributed by atoms with van der Waals surface area (Å²) < 4.78 is 0. The van der Waals surface area contributed by atoms with Crippen molar-refractivity contribution in [2.24, 2.45) is 16.4 Å². The summed E-state index contributed by atoms with van der Waals surface area (Å²) in [4.78, 5) is 11.8. The lowest BCUT2D eigenvalue weighted by Crippen LogP contribution is -2.27. The van der Waals surface area contributed by atoms with Crippen molar-refractivity contribution in [1.82, 2.24) is 5.43 Å². The molecule has 1 N–H and O–H groups in total. The van der Waals surface area contributed by atoms with Gasteiger partial charge in [-0.2, -0.15) is 5.10 Å². The Morgan fingerprint density at radius 3 is 2.50 bits per heavy atom. The summed E-state index contributed by atoms with van der Waals surface area (Å²) in [6.45, 7) is 0. The Morgan fingerprint density at radius 2 is 1.94 bits per heavy atom. The first-order chi connectivity index (χ1) is 7.80. The minimum atomic E-state index is 0.178. The molecular formula is C13H20N2O. The van der Waals surface area contributed by atoms with Gasteiger partial charge in [-0.3, -0.25) is 4.79 Å². The van der Waals surface area contributed by atoms with Gasteiger partial charge in [-0.25, -0.2) is 5.43 Å². The van der Waals surface area contributed by atoms with E-state index in [9.17, 15) is 4.79 Å². The molecule has 1 spiro atoms. The van der Waals surface area contributed by atoms with E-state index in [2.05, 4.69) is 10.5 Å². The average molecular weight is 220 g/mol. The highest BCUT2D eigenvalue weighted by molar-refractivity contribution is 5.88. The topological polar surface area (TPSA) is 41.5 Å². The van der Waals surface area contributed by atoms with Gasteiger partial charge >= 0.3 is 0 Å². The highest BCUT2D eigenvalue weighted by atomic mass is 16.2. The fraction of sp³-hybridized carbons (Fsp3) is 0.846. The number of rotatable bonds is 2. The third-order valence-electron chi connectivity index (χ3n) is 4.61. The Balaban J connectivity index is 1.49. The first-order valence-electron chi connectivity index (χ1n) is 6.65. The molecule has 3 rings (SSSR count). The van der Waals surface area contributed by atoms with Gasteiger partial charge in [0.05, 0.1) is 0 Å². The van der Waals surface area contributed by atoms with Crippen LogP contribution >= 0.6 is 0 Å². The van der Waals surface area contributed by atoms with E-state index in [0.717, 1.165) is 19.3 Å². The minimum absolute atomic E-state index is 0.178. The van der Waals surface area contributed by atoms with Gasteiger partial charge in [0, 0.05) is 11.6 Å². The lowest BCUT2D eigenvalue weighted by atomic mass is 9.80. The summed E-state index contributed by atoms with van der Waals surface area (Å²) in [5.74, 6) is 0.465. The van der Waals surface area contributed by atoms with Crippen molar-refractivity contribution in [3.8, 4) is 0 Å². The Labute approximate surface area is 96.7 Å². The summed E-state index contributed by atoms with van der Waals surface area (Å²) in [6, 6.07) is 0. The average Bonchev–Trinajstić information content (AvgIpc) is 3.02. The van der Waals surface area contributed by atoms with Crippen LogP contribution in [0.1, 0.15) is 57.8 Å². The molecule has 0 aromatic heterocycles. The Bertz CT molecular complexity index is 323. The largest absolute Gasteiger partial charge is 0.273 e. The molecule has 3 saturated carbocycles. The molecule has 88 valence electrons. The summed E-state index contributed by atoms with van der Waals surface area (Å²) in [7, 11) is 0. The van der Waals surface area contributed by atoms with Crippen LogP contribution in [-0.2, 0) is 4.79 Å². The number of amides is 1. The van der Waals surface area contributed by atoms with Crippen LogP contribution in [0, 0.1) is 11.3 Å². The van der Waals surface area contributed by atoms with Crippen molar-refractivity contribution < 1.29 is 4.79 Å². The molecular weight excluding hydrogens is 200 g/mol. The van der Waals surface area contributed by atoms with E-state index in [0.29, 0.717) is 5.41 Å². The quantitative estimate of drug-likeness (QED) is 0.714. The smallest absolute Gasteiger partial charge is 0.243 e. The molecule has 1 amide bonds. The van der Waals surface area contributed by atoms with E-state index in [4.69, 9.17) is 0 Å². The zero-order valence-corrected chi connectivity index (χ0v) is 9.80. The molecule has 0 bridgehead atoms. The maximum absolute atomic E-state index is 11.8. The van der Waals surface area contributed by atoms with Gasteiger partial charge in [0.15, 0.2) is 0 Å². The van der Waals surface area contributed by atoms with Crippen LogP contribution < -0.4 is 5.43 Å². The molecule has 0 saturated heterocycles. The van der Waals surface area contributed by atoms with Crippen molar-refractivity contribution in [1.29, 1.82) is 0 Å². The van der Waals surface area contributed by atoms with Gasteiger partial charge in [-0.1, -0.05) is 12.8 Å². The van der Waals surface area contributed by atoms with Crippen LogP contribution in [0.25, 0.3) is 0 Å². The van der Waals surface area contributed by atoms with E-state index >= 15 is 0 Å². The van der Waals surface area contributed by atoms with Gasteiger partial charge in [0.1, 0.15) is 0 Å². The molecule has 0 aliphatic heterocycles. The lowest BCUT2D eigenvalue weighted by Gasteiger charge is -2.26. The second-order valence-electron chi connectivity index (χ2n) is 5.69. The Kier molecular flexibility index (Phi) is 2.49. The molecule has 0 heterocycles. The predicted octanol–water partition coefficient (Wildman–Crippen LogP) is 2.61. The molecule has 3 aliphatic carbocycles. The fourth-order valence-corrected chi connectivity index (χ4v) is 3.19. The van der Waals surface area contributed by atoms with E-state index in [1.54, 1.807) is 0 Å². The van der Waals surface area contributed by atoms with Gasteiger partial charge < -0.3 is 0 Å². The highest BCUT2D eigenvalue weighted by Crippen LogP contribution is 2.65. The predicted molar refractivity (Wildman–Crippen MR) is 63.1 cm³/mol. The monoisotopic (exact) mass is 220 g/mol. The van der Waals surface area contributed by atoms with E-state index in [1.165, 1.54) is 44.2 Å². The van der Waals surface area contributed by atoms with Crippen molar-refractivity contribution in [2.75, 3.05) is 0 Å². The third kappa shape index (κ3) is 1.76. The second kappa shape index (κ2) is 3.86. The molecule has 1 unspecified atom stereocenters. The first kappa shape index (κ1) is 10.3. The maximum Gasteiger partial charge on any atom is 0.243 e. The highest BCUT2D eigenvalue weighted by Gasteiger charge is 2.60. The SMILES string of the molecule is O=C(NN=C1CCCCC1)C1CC12CCC2. The van der Waals surface area contributed by atoms with Crippen LogP contribution in [0.5, 0.6) is 0 Å². The molecule has 3 fully saturated rings. The molecule has 3 nitrogen and oxygen atoms in total. The van der Waals surface area contributed by atoms with Crippen molar-refractivity contribution in [2.45, 2.75) is 57.8 Å². The number of nitrogens with zero attached hydrogens (tertiary/aromatic N) is 1. The van der Waals surface area contributed by atoms with Crippen molar-refractivity contribution in [3.05, 3.63) is 0 Å². The zero-order valence-electron chi connectivity index (χ0n) is 9.80. The standard InChI is InChI=1S/C13H20N2O/c16-12(11-9-13(11)7-4-8-13)15-14-10-5-2-1-3-6-10/h11H,1-9H2,(H,15,16). The van der Waals surface area contributed by atoms with E-state index in [-0.39, 0.29) is 11.8 Å². The number of nitrogens with one attached hydrogen (secondary N) is 1. The number of hydrogen-bond donors (Lipinski definition) is 1. The minimum Gasteiger partial charge on any atom is -0.273 e. The van der Waals surface area contributed by atoms with E-state index < -0.39 is 0 Å². The Hall–Kier alpha value is -0.860. The first-order valence-corrected chi connectivity index (χ1v) is 6.65. The molecule has 16 heavy (non-hydrogen) atoms. The summed E-state index contributed by atoms with van der Waals surface area (Å²) in [6.07, 6.45) is 10.9. The lowest BCUT2D eigenvalue weighted by molar-refractivity contribution is -0.123. The molecule has 3 aliphatic rings.